The standard InChI is InChI=1S/C24H21FN2O2/c1-15-7-12-21-20(13-15)23(17-8-10-18(25)11-9-17)27(14-22(28)26-21)24(29)19-6-4-3-5-16(19)2/h3-13,23H,14H2,1-2H3,(H,26,28)/t23-/m0/s1. The van der Waals surface area contributed by atoms with E-state index in [4.69, 9.17) is 0 Å². The number of amides is 2. The summed E-state index contributed by atoms with van der Waals surface area (Å²) in [5.74, 6) is -0.846. The number of nitrogens with zero attached hydrogens (tertiary/aromatic N) is 1. The summed E-state index contributed by atoms with van der Waals surface area (Å²) >= 11 is 0. The zero-order chi connectivity index (χ0) is 20.5. The summed E-state index contributed by atoms with van der Waals surface area (Å²) in [6.45, 7) is 3.74. The van der Waals surface area contributed by atoms with Crippen LogP contribution in [0.15, 0.2) is 66.7 Å². The number of hydrogen-bond acceptors (Lipinski definition) is 2. The van der Waals surface area contributed by atoms with Crippen molar-refractivity contribution in [3.63, 3.8) is 0 Å². The van der Waals surface area contributed by atoms with E-state index in [0.29, 0.717) is 11.3 Å². The van der Waals surface area contributed by atoms with E-state index in [1.165, 1.54) is 12.1 Å². The van der Waals surface area contributed by atoms with E-state index in [1.807, 2.05) is 50.2 Å². The maximum Gasteiger partial charge on any atom is 0.255 e. The second-order valence-corrected chi connectivity index (χ2v) is 7.34. The highest BCUT2D eigenvalue weighted by molar-refractivity contribution is 6.02. The maximum absolute atomic E-state index is 13.6. The average Bonchev–Trinajstić information content (AvgIpc) is 2.84. The molecule has 0 aromatic heterocycles. The molecule has 1 N–H and O–H groups in total. The van der Waals surface area contributed by atoms with Crippen molar-refractivity contribution in [1.82, 2.24) is 4.90 Å². The Morgan fingerprint density at radius 2 is 1.76 bits per heavy atom. The van der Waals surface area contributed by atoms with Crippen LogP contribution in [0.5, 0.6) is 0 Å². The van der Waals surface area contributed by atoms with Crippen molar-refractivity contribution in [1.29, 1.82) is 0 Å². The van der Waals surface area contributed by atoms with Gasteiger partial charge in [0, 0.05) is 16.8 Å². The molecular formula is C24H21FN2O2. The van der Waals surface area contributed by atoms with Gasteiger partial charge in [0.2, 0.25) is 5.91 Å². The minimum absolute atomic E-state index is 0.0943. The van der Waals surface area contributed by atoms with Crippen LogP contribution in [0.25, 0.3) is 0 Å². The number of anilines is 1. The Morgan fingerprint density at radius 3 is 2.48 bits per heavy atom. The molecule has 0 unspecified atom stereocenters. The number of nitrogens with one attached hydrogen (secondary N) is 1. The molecule has 3 aromatic carbocycles. The molecule has 1 aliphatic rings. The summed E-state index contributed by atoms with van der Waals surface area (Å²) in [7, 11) is 0. The number of carbonyl (C=O) groups is 2. The van der Waals surface area contributed by atoms with Crippen LogP contribution >= 0.6 is 0 Å². The van der Waals surface area contributed by atoms with E-state index in [9.17, 15) is 14.0 Å². The Bertz CT molecular complexity index is 1090. The summed E-state index contributed by atoms with van der Waals surface area (Å²) in [6.07, 6.45) is 0. The molecule has 4 rings (SSSR count). The lowest BCUT2D eigenvalue weighted by molar-refractivity contribution is -0.117. The van der Waals surface area contributed by atoms with Gasteiger partial charge in [0.25, 0.3) is 5.91 Å². The van der Waals surface area contributed by atoms with Gasteiger partial charge in [-0.1, -0.05) is 48.0 Å². The lowest BCUT2D eigenvalue weighted by Crippen LogP contribution is -2.39. The quantitative estimate of drug-likeness (QED) is 0.696. The predicted octanol–water partition coefficient (Wildman–Crippen LogP) is 4.63. The fourth-order valence-electron chi connectivity index (χ4n) is 3.79. The molecule has 2 amide bonds. The third kappa shape index (κ3) is 3.63. The van der Waals surface area contributed by atoms with Crippen LogP contribution in [0.1, 0.15) is 38.7 Å². The van der Waals surface area contributed by atoms with Crippen LogP contribution in [0.4, 0.5) is 10.1 Å². The predicted molar refractivity (Wildman–Crippen MR) is 110 cm³/mol. The van der Waals surface area contributed by atoms with E-state index in [2.05, 4.69) is 5.32 Å². The van der Waals surface area contributed by atoms with E-state index >= 15 is 0 Å². The van der Waals surface area contributed by atoms with Crippen molar-refractivity contribution >= 4 is 17.5 Å². The van der Waals surface area contributed by atoms with Gasteiger partial charge in [-0.25, -0.2) is 4.39 Å². The van der Waals surface area contributed by atoms with Crippen LogP contribution < -0.4 is 5.32 Å². The zero-order valence-electron chi connectivity index (χ0n) is 16.3. The van der Waals surface area contributed by atoms with Gasteiger partial charge < -0.3 is 10.2 Å². The SMILES string of the molecule is Cc1ccc2c(c1)[C@H](c1ccc(F)cc1)N(C(=O)c1ccccc1C)CC(=O)N2. The molecule has 29 heavy (non-hydrogen) atoms. The number of benzene rings is 3. The van der Waals surface area contributed by atoms with Gasteiger partial charge >= 0.3 is 0 Å². The monoisotopic (exact) mass is 388 g/mol. The number of carbonyl (C=O) groups excluding carboxylic acids is 2. The fraction of sp³-hybridized carbons (Fsp3) is 0.167. The van der Waals surface area contributed by atoms with Gasteiger partial charge in [-0.15, -0.1) is 0 Å². The first kappa shape index (κ1) is 18.9. The van der Waals surface area contributed by atoms with Crippen LogP contribution in [0.3, 0.4) is 0 Å². The Hall–Kier alpha value is -3.47. The van der Waals surface area contributed by atoms with Crippen molar-refractivity contribution in [2.45, 2.75) is 19.9 Å². The molecule has 0 radical (unpaired) electrons. The van der Waals surface area contributed by atoms with Crippen LogP contribution in [0, 0.1) is 19.7 Å². The topological polar surface area (TPSA) is 49.4 Å². The van der Waals surface area contributed by atoms with Crippen LogP contribution in [-0.4, -0.2) is 23.3 Å². The van der Waals surface area contributed by atoms with Gasteiger partial charge in [0.1, 0.15) is 12.4 Å². The Kier molecular flexibility index (Phi) is 4.89. The molecule has 4 nitrogen and oxygen atoms in total. The largest absolute Gasteiger partial charge is 0.324 e. The third-order valence-corrected chi connectivity index (χ3v) is 5.22. The molecule has 0 saturated heterocycles. The first-order valence-corrected chi connectivity index (χ1v) is 9.46. The second kappa shape index (κ2) is 7.51. The van der Waals surface area contributed by atoms with Crippen molar-refractivity contribution in [2.75, 3.05) is 11.9 Å². The first-order chi connectivity index (χ1) is 13.9. The third-order valence-electron chi connectivity index (χ3n) is 5.22. The zero-order valence-corrected chi connectivity index (χ0v) is 16.3. The van der Waals surface area contributed by atoms with E-state index in [1.54, 1.807) is 23.1 Å². The number of aryl methyl sites for hydroxylation is 2. The van der Waals surface area contributed by atoms with Crippen LogP contribution in [0.2, 0.25) is 0 Å². The van der Waals surface area contributed by atoms with Crippen molar-refractivity contribution in [3.8, 4) is 0 Å². The number of hydrogen-bond donors (Lipinski definition) is 1. The minimum Gasteiger partial charge on any atom is -0.324 e. The van der Waals surface area contributed by atoms with Gasteiger partial charge in [0.15, 0.2) is 0 Å². The minimum atomic E-state index is -0.517. The molecule has 1 aliphatic heterocycles. The van der Waals surface area contributed by atoms with Gasteiger partial charge in [-0.3, -0.25) is 9.59 Å². The molecule has 5 heteroatoms. The fourth-order valence-corrected chi connectivity index (χ4v) is 3.79. The maximum atomic E-state index is 13.6. The summed E-state index contributed by atoms with van der Waals surface area (Å²) < 4.78 is 13.6. The van der Waals surface area contributed by atoms with Gasteiger partial charge in [-0.2, -0.15) is 0 Å². The molecule has 1 atom stereocenters. The molecule has 0 spiro atoms. The lowest BCUT2D eigenvalue weighted by atomic mass is 9.93. The Labute approximate surface area is 169 Å². The van der Waals surface area contributed by atoms with Crippen molar-refractivity contribution in [3.05, 3.63) is 100 Å². The normalized spacial score (nSPS) is 16.0. The van der Waals surface area contributed by atoms with Crippen LogP contribution in [-0.2, 0) is 4.79 Å². The molecule has 146 valence electrons. The molecule has 0 aliphatic carbocycles. The smallest absolute Gasteiger partial charge is 0.255 e. The number of halogens is 1. The number of fused-ring (bicyclic) bond motifs is 1. The van der Waals surface area contributed by atoms with E-state index < -0.39 is 6.04 Å². The highest BCUT2D eigenvalue weighted by Crippen LogP contribution is 2.37. The molecule has 0 fully saturated rings. The second-order valence-electron chi connectivity index (χ2n) is 7.34. The van der Waals surface area contributed by atoms with Gasteiger partial charge in [-0.05, 0) is 49.2 Å². The summed E-state index contributed by atoms with van der Waals surface area (Å²) in [5.41, 5.74) is 4.61. The Morgan fingerprint density at radius 1 is 1.03 bits per heavy atom. The summed E-state index contributed by atoms with van der Waals surface area (Å²) in [4.78, 5) is 27.7. The van der Waals surface area contributed by atoms with Gasteiger partial charge in [0.05, 0.1) is 6.04 Å². The summed E-state index contributed by atoms with van der Waals surface area (Å²) in [5, 5.41) is 2.90. The summed E-state index contributed by atoms with van der Waals surface area (Å²) in [6, 6.07) is 18.6. The molecule has 0 saturated carbocycles. The highest BCUT2D eigenvalue weighted by Gasteiger charge is 2.34. The number of rotatable bonds is 2. The van der Waals surface area contributed by atoms with Crippen molar-refractivity contribution in [2.24, 2.45) is 0 Å². The molecule has 3 aromatic rings. The molecule has 1 heterocycles. The first-order valence-electron chi connectivity index (χ1n) is 9.46. The lowest BCUT2D eigenvalue weighted by Gasteiger charge is -2.31. The van der Waals surface area contributed by atoms with E-state index in [-0.39, 0.29) is 24.2 Å². The van der Waals surface area contributed by atoms with Crippen molar-refractivity contribution < 1.29 is 14.0 Å². The Balaban J connectivity index is 1.91. The molecule has 0 bridgehead atoms. The van der Waals surface area contributed by atoms with E-state index in [0.717, 1.165) is 22.3 Å². The highest BCUT2D eigenvalue weighted by atomic mass is 19.1. The molecular weight excluding hydrogens is 367 g/mol. The average molecular weight is 388 g/mol.